The normalized spacial score (nSPS) is 19.9. The Morgan fingerprint density at radius 3 is 2.86 bits per heavy atom. The predicted octanol–water partition coefficient (Wildman–Crippen LogP) is 1.73. The monoisotopic (exact) mass is 324 g/mol. The van der Waals surface area contributed by atoms with Crippen molar-refractivity contribution in [1.29, 1.82) is 0 Å². The fourth-order valence-electron chi connectivity index (χ4n) is 2.51. The molecule has 1 atom stereocenters. The lowest BCUT2D eigenvalue weighted by molar-refractivity contribution is 0.0744. The number of hydrogen-bond donors (Lipinski definition) is 1. The fourth-order valence-corrected chi connectivity index (χ4v) is 5.33. The van der Waals surface area contributed by atoms with Gasteiger partial charge in [-0.25, -0.2) is 8.42 Å². The zero-order valence-corrected chi connectivity index (χ0v) is 13.2. The molecule has 1 aliphatic rings. The number of hydrogen-bond acceptors (Lipinski definition) is 4. The lowest BCUT2D eigenvalue weighted by atomic mass is 10.2. The van der Waals surface area contributed by atoms with E-state index in [4.69, 9.17) is 0 Å². The van der Waals surface area contributed by atoms with Crippen molar-refractivity contribution >= 4 is 38.4 Å². The minimum Gasteiger partial charge on any atom is -0.351 e. The molecule has 1 amide bonds. The average molecular weight is 324 g/mol. The summed E-state index contributed by atoms with van der Waals surface area (Å²) in [6.07, 6.45) is 1.19. The first-order valence-corrected chi connectivity index (χ1v) is 9.73. The number of aromatic amines is 1. The Labute approximate surface area is 127 Å². The third-order valence-electron chi connectivity index (χ3n) is 3.60. The highest BCUT2D eigenvalue weighted by Crippen LogP contribution is 2.23. The van der Waals surface area contributed by atoms with Crippen LogP contribution in [0.25, 0.3) is 10.9 Å². The molecule has 1 aromatic carbocycles. The van der Waals surface area contributed by atoms with Crippen molar-refractivity contribution in [1.82, 2.24) is 9.88 Å². The van der Waals surface area contributed by atoms with Gasteiger partial charge in [-0.15, -0.1) is 0 Å². The van der Waals surface area contributed by atoms with Crippen LogP contribution in [0.15, 0.2) is 30.3 Å². The number of H-pyrrole nitrogens is 1. The molecule has 1 N–H and O–H groups in total. The number of fused-ring (bicyclic) bond motifs is 1. The van der Waals surface area contributed by atoms with Crippen LogP contribution in [-0.2, 0) is 9.84 Å². The SMILES string of the molecule is CS(=O)(=O)C1CSCCN1C(=O)c1cc2ccccc2[nH]1. The summed E-state index contributed by atoms with van der Waals surface area (Å²) in [6, 6.07) is 9.39. The molecule has 5 nitrogen and oxygen atoms in total. The molecule has 21 heavy (non-hydrogen) atoms. The largest absolute Gasteiger partial charge is 0.351 e. The van der Waals surface area contributed by atoms with E-state index in [1.54, 1.807) is 17.8 Å². The van der Waals surface area contributed by atoms with Crippen LogP contribution in [-0.4, -0.2) is 53.9 Å². The van der Waals surface area contributed by atoms with E-state index in [0.717, 1.165) is 16.7 Å². The molecule has 1 saturated heterocycles. The second-order valence-electron chi connectivity index (χ2n) is 5.13. The van der Waals surface area contributed by atoms with Gasteiger partial charge in [-0.2, -0.15) is 11.8 Å². The molecule has 7 heteroatoms. The van der Waals surface area contributed by atoms with E-state index in [1.165, 1.54) is 11.2 Å². The number of benzene rings is 1. The number of sulfone groups is 1. The minimum absolute atomic E-state index is 0.248. The Morgan fingerprint density at radius 1 is 1.38 bits per heavy atom. The summed E-state index contributed by atoms with van der Waals surface area (Å²) in [7, 11) is -3.29. The summed E-state index contributed by atoms with van der Waals surface area (Å²) in [6.45, 7) is 0.455. The van der Waals surface area contributed by atoms with Crippen molar-refractivity contribution in [2.24, 2.45) is 0 Å². The molecule has 2 heterocycles. The van der Waals surface area contributed by atoms with E-state index >= 15 is 0 Å². The molecule has 1 unspecified atom stereocenters. The van der Waals surface area contributed by atoms with Gasteiger partial charge in [0.1, 0.15) is 11.1 Å². The molecule has 2 aromatic rings. The number of amides is 1. The van der Waals surface area contributed by atoms with Crippen LogP contribution in [0.2, 0.25) is 0 Å². The van der Waals surface area contributed by atoms with Gasteiger partial charge in [0, 0.05) is 35.2 Å². The van der Waals surface area contributed by atoms with E-state index in [0.29, 0.717) is 18.0 Å². The topological polar surface area (TPSA) is 70.2 Å². The second-order valence-corrected chi connectivity index (χ2v) is 8.48. The molecule has 1 fully saturated rings. The summed E-state index contributed by atoms with van der Waals surface area (Å²) in [5.74, 6) is 0.949. The van der Waals surface area contributed by atoms with Gasteiger partial charge in [-0.05, 0) is 12.1 Å². The van der Waals surface area contributed by atoms with Gasteiger partial charge in [-0.3, -0.25) is 4.79 Å². The highest BCUT2D eigenvalue weighted by atomic mass is 32.2. The van der Waals surface area contributed by atoms with Gasteiger partial charge in [0.05, 0.1) is 0 Å². The van der Waals surface area contributed by atoms with Gasteiger partial charge in [0.25, 0.3) is 5.91 Å². The highest BCUT2D eigenvalue weighted by molar-refractivity contribution is 8.00. The molecular weight excluding hydrogens is 308 g/mol. The lowest BCUT2D eigenvalue weighted by Gasteiger charge is -2.33. The molecule has 1 aromatic heterocycles. The molecule has 1 aliphatic heterocycles. The van der Waals surface area contributed by atoms with Crippen molar-refractivity contribution < 1.29 is 13.2 Å². The van der Waals surface area contributed by atoms with Crippen molar-refractivity contribution in [2.45, 2.75) is 5.37 Å². The minimum atomic E-state index is -3.29. The van der Waals surface area contributed by atoms with Crippen LogP contribution in [0.4, 0.5) is 0 Å². The zero-order chi connectivity index (χ0) is 15.0. The van der Waals surface area contributed by atoms with E-state index in [2.05, 4.69) is 4.98 Å². The number of para-hydroxylation sites is 1. The zero-order valence-electron chi connectivity index (χ0n) is 11.6. The Morgan fingerprint density at radius 2 is 2.14 bits per heavy atom. The Hall–Kier alpha value is -1.47. The first-order valence-electron chi connectivity index (χ1n) is 6.62. The Bertz CT molecular complexity index is 749. The van der Waals surface area contributed by atoms with E-state index in [1.807, 2.05) is 24.3 Å². The Balaban J connectivity index is 1.95. The van der Waals surface area contributed by atoms with Crippen LogP contribution in [0.5, 0.6) is 0 Å². The van der Waals surface area contributed by atoms with Crippen LogP contribution in [0.1, 0.15) is 10.5 Å². The molecule has 0 aliphatic carbocycles. The smallest absolute Gasteiger partial charge is 0.271 e. The molecule has 0 radical (unpaired) electrons. The summed E-state index contributed by atoms with van der Waals surface area (Å²) < 4.78 is 23.8. The molecule has 0 bridgehead atoms. The Kier molecular flexibility index (Phi) is 3.71. The average Bonchev–Trinajstić information content (AvgIpc) is 2.89. The summed E-state index contributed by atoms with van der Waals surface area (Å²) in [5.41, 5.74) is 1.32. The predicted molar refractivity (Wildman–Crippen MR) is 85.3 cm³/mol. The van der Waals surface area contributed by atoms with Crippen LogP contribution < -0.4 is 0 Å². The van der Waals surface area contributed by atoms with Gasteiger partial charge < -0.3 is 9.88 Å². The van der Waals surface area contributed by atoms with Crippen molar-refractivity contribution in [3.05, 3.63) is 36.0 Å². The third-order valence-corrected chi connectivity index (χ3v) is 6.24. The summed E-state index contributed by atoms with van der Waals surface area (Å²) >= 11 is 1.57. The maximum atomic E-state index is 12.6. The third kappa shape index (κ3) is 2.80. The number of nitrogens with one attached hydrogen (secondary N) is 1. The standard InChI is InChI=1S/C14H16N2O3S2/c1-21(18,19)13-9-20-7-6-16(13)14(17)12-8-10-4-2-3-5-11(10)15-12/h2-5,8,13,15H,6-7,9H2,1H3. The van der Waals surface area contributed by atoms with Crippen LogP contribution >= 0.6 is 11.8 Å². The lowest BCUT2D eigenvalue weighted by Crippen LogP contribution is -2.50. The van der Waals surface area contributed by atoms with Crippen LogP contribution in [0, 0.1) is 0 Å². The van der Waals surface area contributed by atoms with Crippen molar-refractivity contribution in [3.8, 4) is 0 Å². The molecule has 0 saturated carbocycles. The van der Waals surface area contributed by atoms with Crippen LogP contribution in [0.3, 0.4) is 0 Å². The summed E-state index contributed by atoms with van der Waals surface area (Å²) in [5, 5.41) is 0.207. The summed E-state index contributed by atoms with van der Waals surface area (Å²) in [4.78, 5) is 17.2. The fraction of sp³-hybridized carbons (Fsp3) is 0.357. The first kappa shape index (κ1) is 14.5. The van der Waals surface area contributed by atoms with Gasteiger partial charge in [-0.1, -0.05) is 18.2 Å². The second kappa shape index (κ2) is 5.38. The highest BCUT2D eigenvalue weighted by Gasteiger charge is 2.35. The van der Waals surface area contributed by atoms with E-state index < -0.39 is 15.2 Å². The maximum absolute atomic E-state index is 12.6. The van der Waals surface area contributed by atoms with Gasteiger partial charge in [0.2, 0.25) is 0 Å². The number of carbonyl (C=O) groups excluding carboxylic acids is 1. The maximum Gasteiger partial charge on any atom is 0.271 e. The van der Waals surface area contributed by atoms with Crippen molar-refractivity contribution in [2.75, 3.05) is 24.3 Å². The number of carbonyl (C=O) groups is 1. The van der Waals surface area contributed by atoms with E-state index in [9.17, 15) is 13.2 Å². The number of aromatic nitrogens is 1. The van der Waals surface area contributed by atoms with Gasteiger partial charge >= 0.3 is 0 Å². The van der Waals surface area contributed by atoms with Crippen molar-refractivity contribution in [3.63, 3.8) is 0 Å². The number of rotatable bonds is 2. The van der Waals surface area contributed by atoms with Gasteiger partial charge in [0.15, 0.2) is 9.84 Å². The quantitative estimate of drug-likeness (QED) is 0.913. The molecule has 0 spiro atoms. The van der Waals surface area contributed by atoms with E-state index in [-0.39, 0.29) is 5.91 Å². The molecular formula is C14H16N2O3S2. The number of nitrogens with zero attached hydrogens (tertiary/aromatic N) is 1. The first-order chi connectivity index (χ1) is 9.97. The number of thioether (sulfide) groups is 1. The molecule has 3 rings (SSSR count). The molecule has 112 valence electrons.